The molecule has 0 bridgehead atoms. The lowest BCUT2D eigenvalue weighted by Crippen LogP contribution is -2.48. The molecule has 4 nitrogen and oxygen atoms in total. The van der Waals surface area contributed by atoms with Gasteiger partial charge in [-0.05, 0) is 12.1 Å². The molecule has 1 aliphatic rings. The number of carbonyl (C=O) groups is 1. The Morgan fingerprint density at radius 1 is 1.40 bits per heavy atom. The molecule has 0 saturated carbocycles. The first kappa shape index (κ1) is 10.0. The summed E-state index contributed by atoms with van der Waals surface area (Å²) in [5.74, 6) is -1.00. The Balaban J connectivity index is 2.56. The fraction of sp³-hybridized carbons (Fsp3) is 0.100. The first-order valence-corrected chi connectivity index (χ1v) is 4.73. The largest absolute Gasteiger partial charge is 0.479 e. The van der Waals surface area contributed by atoms with E-state index in [1.54, 1.807) is 24.3 Å². The van der Waals surface area contributed by atoms with Crippen LogP contribution in [0.1, 0.15) is 5.56 Å². The van der Waals surface area contributed by atoms with E-state index in [0.717, 1.165) is 0 Å². The van der Waals surface area contributed by atoms with E-state index in [2.05, 4.69) is 10.9 Å². The summed E-state index contributed by atoms with van der Waals surface area (Å²) in [6.45, 7) is 0. The van der Waals surface area contributed by atoms with Gasteiger partial charge in [-0.25, -0.2) is 10.2 Å². The number of carboxylic acids is 1. The van der Waals surface area contributed by atoms with Crippen molar-refractivity contribution in [2.75, 3.05) is 0 Å². The van der Waals surface area contributed by atoms with Crippen LogP contribution in [0.2, 0.25) is 5.02 Å². The summed E-state index contributed by atoms with van der Waals surface area (Å²) in [5.41, 5.74) is 4.57. The molecule has 3 N–H and O–H groups in total. The number of carboxylic acid groups (broad SMARTS) is 1. The fourth-order valence-corrected chi connectivity index (χ4v) is 1.83. The molecule has 1 heterocycles. The van der Waals surface area contributed by atoms with E-state index in [1.165, 1.54) is 12.3 Å². The first-order chi connectivity index (χ1) is 7.17. The monoisotopic (exact) mass is 224 g/mol. The quantitative estimate of drug-likeness (QED) is 0.708. The third kappa shape index (κ3) is 1.48. The number of halogens is 1. The van der Waals surface area contributed by atoms with Gasteiger partial charge in [-0.1, -0.05) is 29.8 Å². The van der Waals surface area contributed by atoms with Gasteiger partial charge >= 0.3 is 5.97 Å². The van der Waals surface area contributed by atoms with Gasteiger partial charge in [0.15, 0.2) is 5.54 Å². The Morgan fingerprint density at radius 2 is 2.13 bits per heavy atom. The maximum Gasteiger partial charge on any atom is 0.334 e. The van der Waals surface area contributed by atoms with Crippen molar-refractivity contribution in [2.45, 2.75) is 5.54 Å². The molecule has 5 heteroatoms. The molecule has 0 saturated heterocycles. The molecule has 0 spiro atoms. The van der Waals surface area contributed by atoms with Crippen molar-refractivity contribution in [1.29, 1.82) is 0 Å². The molecule has 1 unspecified atom stereocenters. The van der Waals surface area contributed by atoms with Crippen molar-refractivity contribution in [3.63, 3.8) is 0 Å². The second kappa shape index (κ2) is 3.56. The Morgan fingerprint density at radius 3 is 2.67 bits per heavy atom. The topological polar surface area (TPSA) is 61.4 Å². The Bertz CT molecular complexity index is 433. The van der Waals surface area contributed by atoms with E-state index in [1.807, 2.05) is 0 Å². The Hall–Kier alpha value is -1.52. The maximum atomic E-state index is 11.3. The van der Waals surface area contributed by atoms with Crippen LogP contribution >= 0.6 is 11.6 Å². The molecule has 0 fully saturated rings. The molecule has 2 rings (SSSR count). The lowest BCUT2D eigenvalue weighted by atomic mass is 9.91. The van der Waals surface area contributed by atoms with E-state index in [0.29, 0.717) is 10.6 Å². The van der Waals surface area contributed by atoms with Crippen LogP contribution in [0, 0.1) is 0 Å². The number of hydrogen-bond donors (Lipinski definition) is 3. The van der Waals surface area contributed by atoms with Gasteiger partial charge in [-0.2, -0.15) is 0 Å². The SMILES string of the molecule is O=C(O)C1(c2ccccc2Cl)C=CNN1. The maximum absolute atomic E-state index is 11.3. The number of aliphatic carboxylic acids is 1. The number of hydrogen-bond acceptors (Lipinski definition) is 3. The highest BCUT2D eigenvalue weighted by molar-refractivity contribution is 6.31. The van der Waals surface area contributed by atoms with E-state index < -0.39 is 11.5 Å². The number of benzene rings is 1. The number of nitrogens with one attached hydrogen (secondary N) is 2. The molecular formula is C10H9ClN2O2. The van der Waals surface area contributed by atoms with E-state index in [4.69, 9.17) is 11.6 Å². The Labute approximate surface area is 91.5 Å². The van der Waals surface area contributed by atoms with Gasteiger partial charge in [0, 0.05) is 16.8 Å². The molecule has 1 aliphatic heterocycles. The van der Waals surface area contributed by atoms with Crippen molar-refractivity contribution in [2.24, 2.45) is 0 Å². The fourth-order valence-electron chi connectivity index (χ4n) is 1.54. The summed E-state index contributed by atoms with van der Waals surface area (Å²) in [4.78, 5) is 11.3. The molecule has 1 aromatic rings. The van der Waals surface area contributed by atoms with Crippen molar-refractivity contribution < 1.29 is 9.90 Å². The van der Waals surface area contributed by atoms with Crippen LogP contribution in [0.4, 0.5) is 0 Å². The summed E-state index contributed by atoms with van der Waals surface area (Å²) in [6, 6.07) is 6.85. The predicted octanol–water partition coefficient (Wildman–Crippen LogP) is 1.24. The van der Waals surface area contributed by atoms with Gasteiger partial charge in [0.2, 0.25) is 0 Å². The highest BCUT2D eigenvalue weighted by Gasteiger charge is 2.41. The number of rotatable bonds is 2. The van der Waals surface area contributed by atoms with Crippen molar-refractivity contribution in [3.8, 4) is 0 Å². The van der Waals surface area contributed by atoms with Gasteiger partial charge in [0.25, 0.3) is 0 Å². The van der Waals surface area contributed by atoms with Gasteiger partial charge in [0.1, 0.15) is 0 Å². The average molecular weight is 225 g/mol. The van der Waals surface area contributed by atoms with Crippen LogP contribution in [-0.4, -0.2) is 11.1 Å². The molecule has 1 atom stereocenters. The van der Waals surface area contributed by atoms with E-state index in [9.17, 15) is 9.90 Å². The van der Waals surface area contributed by atoms with Gasteiger partial charge in [-0.15, -0.1) is 0 Å². The van der Waals surface area contributed by atoms with Crippen molar-refractivity contribution >= 4 is 17.6 Å². The molecule has 0 amide bonds. The van der Waals surface area contributed by atoms with Crippen LogP contribution < -0.4 is 10.9 Å². The molecule has 0 radical (unpaired) electrons. The minimum absolute atomic E-state index is 0.417. The minimum atomic E-state index is -1.28. The van der Waals surface area contributed by atoms with Crippen molar-refractivity contribution in [3.05, 3.63) is 47.1 Å². The van der Waals surface area contributed by atoms with Gasteiger partial charge < -0.3 is 10.5 Å². The lowest BCUT2D eigenvalue weighted by molar-refractivity contribution is -0.143. The standard InChI is InChI=1S/C10H9ClN2O2/c11-8-4-2-1-3-7(8)10(9(14)15)5-6-12-13-10/h1-6,12-13H,(H,14,15). The van der Waals surface area contributed by atoms with Gasteiger partial charge in [0.05, 0.1) is 0 Å². The Kier molecular flexibility index (Phi) is 2.38. The second-order valence-corrected chi connectivity index (χ2v) is 3.60. The summed E-state index contributed by atoms with van der Waals surface area (Å²) in [5, 5.41) is 9.65. The first-order valence-electron chi connectivity index (χ1n) is 4.35. The third-order valence-electron chi connectivity index (χ3n) is 2.32. The van der Waals surface area contributed by atoms with E-state index >= 15 is 0 Å². The summed E-state index contributed by atoms with van der Waals surface area (Å²) >= 11 is 5.97. The smallest absolute Gasteiger partial charge is 0.334 e. The normalized spacial score (nSPS) is 23.8. The molecule has 78 valence electrons. The van der Waals surface area contributed by atoms with E-state index in [-0.39, 0.29) is 0 Å². The van der Waals surface area contributed by atoms with Crippen LogP contribution in [0.5, 0.6) is 0 Å². The third-order valence-corrected chi connectivity index (χ3v) is 2.65. The zero-order chi connectivity index (χ0) is 10.9. The summed E-state index contributed by atoms with van der Waals surface area (Å²) in [6.07, 6.45) is 3.06. The lowest BCUT2D eigenvalue weighted by Gasteiger charge is -2.23. The highest BCUT2D eigenvalue weighted by Crippen LogP contribution is 2.30. The molecule has 1 aromatic carbocycles. The molecule has 0 aliphatic carbocycles. The van der Waals surface area contributed by atoms with Crippen molar-refractivity contribution in [1.82, 2.24) is 10.9 Å². The zero-order valence-electron chi connectivity index (χ0n) is 7.70. The van der Waals surface area contributed by atoms with Crippen LogP contribution in [0.15, 0.2) is 36.5 Å². The highest BCUT2D eigenvalue weighted by atomic mass is 35.5. The number of hydrazine groups is 1. The average Bonchev–Trinajstić information content (AvgIpc) is 2.68. The van der Waals surface area contributed by atoms with Crippen LogP contribution in [0.3, 0.4) is 0 Å². The molecule has 0 aromatic heterocycles. The minimum Gasteiger partial charge on any atom is -0.479 e. The zero-order valence-corrected chi connectivity index (χ0v) is 8.45. The summed E-state index contributed by atoms with van der Waals surface area (Å²) < 4.78 is 0. The van der Waals surface area contributed by atoms with Crippen LogP contribution in [0.25, 0.3) is 0 Å². The van der Waals surface area contributed by atoms with Crippen LogP contribution in [-0.2, 0) is 10.3 Å². The predicted molar refractivity (Wildman–Crippen MR) is 56.2 cm³/mol. The summed E-state index contributed by atoms with van der Waals surface area (Å²) in [7, 11) is 0. The van der Waals surface area contributed by atoms with Gasteiger partial charge in [-0.3, -0.25) is 0 Å². The molecule has 15 heavy (non-hydrogen) atoms. The second-order valence-electron chi connectivity index (χ2n) is 3.20. The molecular weight excluding hydrogens is 216 g/mol.